The minimum Gasteiger partial charge on any atom is -0.481 e. The van der Waals surface area contributed by atoms with Gasteiger partial charge >= 0.3 is 11.9 Å². The van der Waals surface area contributed by atoms with E-state index in [9.17, 15) is 14.4 Å². The van der Waals surface area contributed by atoms with Crippen molar-refractivity contribution in [2.24, 2.45) is 0 Å². The number of amides is 1. The summed E-state index contributed by atoms with van der Waals surface area (Å²) in [5.74, 6) is -3.09. The molecule has 8 heteroatoms. The van der Waals surface area contributed by atoms with Gasteiger partial charge in [-0.2, -0.15) is 0 Å². The molecule has 1 rings (SSSR count). The van der Waals surface area contributed by atoms with Gasteiger partial charge in [-0.05, 0) is 31.2 Å². The molecule has 21 heavy (non-hydrogen) atoms. The highest BCUT2D eigenvalue weighted by atomic mass is 35.5. The first kappa shape index (κ1) is 16.8. The molecular formula is C13H14ClNO6. The minimum atomic E-state index is -1.51. The first-order valence-electron chi connectivity index (χ1n) is 5.96. The van der Waals surface area contributed by atoms with Gasteiger partial charge in [0.1, 0.15) is 11.8 Å². The monoisotopic (exact) mass is 315 g/mol. The van der Waals surface area contributed by atoms with Crippen LogP contribution in [-0.2, 0) is 14.4 Å². The van der Waals surface area contributed by atoms with Crippen LogP contribution in [-0.4, -0.2) is 40.2 Å². The second-order valence-corrected chi connectivity index (χ2v) is 4.65. The van der Waals surface area contributed by atoms with Crippen molar-refractivity contribution in [1.82, 2.24) is 5.32 Å². The zero-order valence-electron chi connectivity index (χ0n) is 11.1. The van der Waals surface area contributed by atoms with Crippen LogP contribution in [0.2, 0.25) is 5.02 Å². The summed E-state index contributed by atoms with van der Waals surface area (Å²) < 4.78 is 5.31. The number of carboxylic acid groups (broad SMARTS) is 2. The van der Waals surface area contributed by atoms with Crippen molar-refractivity contribution >= 4 is 29.4 Å². The Balaban J connectivity index is 2.62. The third-order valence-corrected chi connectivity index (χ3v) is 2.74. The Bertz CT molecular complexity index is 530. The summed E-state index contributed by atoms with van der Waals surface area (Å²) in [5, 5.41) is 20.0. The molecule has 0 aliphatic carbocycles. The third kappa shape index (κ3) is 5.70. The van der Waals surface area contributed by atoms with E-state index in [0.717, 1.165) is 0 Å². The number of aliphatic carboxylic acids is 2. The van der Waals surface area contributed by atoms with Gasteiger partial charge in [0.15, 0.2) is 6.10 Å². The number of carboxylic acids is 2. The zero-order chi connectivity index (χ0) is 16.0. The fraction of sp³-hybridized carbons (Fsp3) is 0.308. The van der Waals surface area contributed by atoms with Crippen molar-refractivity contribution in [2.45, 2.75) is 25.5 Å². The summed E-state index contributed by atoms with van der Waals surface area (Å²) in [7, 11) is 0. The van der Waals surface area contributed by atoms with Crippen LogP contribution in [0.1, 0.15) is 13.3 Å². The average Bonchev–Trinajstić information content (AvgIpc) is 2.39. The number of carbonyl (C=O) groups excluding carboxylic acids is 1. The number of hydrogen-bond donors (Lipinski definition) is 3. The molecule has 0 spiro atoms. The molecule has 0 radical (unpaired) electrons. The smallest absolute Gasteiger partial charge is 0.326 e. The second-order valence-electron chi connectivity index (χ2n) is 4.21. The highest BCUT2D eigenvalue weighted by molar-refractivity contribution is 6.30. The predicted octanol–water partition coefficient (Wildman–Crippen LogP) is 1.15. The standard InChI is InChI=1S/C13H14ClNO6/c1-7(21-9-4-2-8(14)3-5-9)12(18)15-10(13(19)20)6-11(16)17/h2-5,7,10H,6H2,1H3,(H,15,18)(H,16,17)(H,19,20). The quantitative estimate of drug-likeness (QED) is 0.695. The van der Waals surface area contributed by atoms with Gasteiger partial charge in [0.05, 0.1) is 6.42 Å². The summed E-state index contributed by atoms with van der Waals surface area (Å²) in [6, 6.07) is 4.75. The molecule has 1 amide bonds. The Morgan fingerprint density at radius 3 is 2.29 bits per heavy atom. The van der Waals surface area contributed by atoms with Crippen LogP contribution in [0.5, 0.6) is 5.75 Å². The van der Waals surface area contributed by atoms with E-state index in [-0.39, 0.29) is 0 Å². The van der Waals surface area contributed by atoms with Gasteiger partial charge < -0.3 is 20.3 Å². The normalized spacial score (nSPS) is 13.0. The molecule has 1 aromatic rings. The molecule has 114 valence electrons. The Labute approximate surface area is 125 Å². The third-order valence-electron chi connectivity index (χ3n) is 2.49. The minimum absolute atomic E-state index is 0.382. The predicted molar refractivity (Wildman–Crippen MR) is 73.4 cm³/mol. The van der Waals surface area contributed by atoms with E-state index in [1.165, 1.54) is 6.92 Å². The molecule has 0 saturated heterocycles. The average molecular weight is 316 g/mol. The van der Waals surface area contributed by atoms with E-state index in [1.807, 2.05) is 0 Å². The highest BCUT2D eigenvalue weighted by Crippen LogP contribution is 2.16. The molecule has 0 bridgehead atoms. The van der Waals surface area contributed by atoms with Crippen LogP contribution in [0.25, 0.3) is 0 Å². The van der Waals surface area contributed by atoms with Crippen molar-refractivity contribution < 1.29 is 29.3 Å². The lowest BCUT2D eigenvalue weighted by molar-refractivity contribution is -0.147. The molecule has 0 aromatic heterocycles. The fourth-order valence-electron chi connectivity index (χ4n) is 1.43. The van der Waals surface area contributed by atoms with Gasteiger partial charge in [0, 0.05) is 5.02 Å². The van der Waals surface area contributed by atoms with Crippen molar-refractivity contribution in [1.29, 1.82) is 0 Å². The van der Waals surface area contributed by atoms with Gasteiger partial charge in [0.2, 0.25) is 0 Å². The molecule has 0 heterocycles. The lowest BCUT2D eigenvalue weighted by Gasteiger charge is -2.17. The molecule has 1 aromatic carbocycles. The van der Waals surface area contributed by atoms with E-state index < -0.39 is 36.4 Å². The summed E-state index contributed by atoms with van der Waals surface area (Å²) in [5.41, 5.74) is 0. The summed E-state index contributed by atoms with van der Waals surface area (Å²) >= 11 is 5.71. The maximum Gasteiger partial charge on any atom is 0.326 e. The fourth-order valence-corrected chi connectivity index (χ4v) is 1.56. The molecular weight excluding hydrogens is 302 g/mol. The molecule has 2 unspecified atom stereocenters. The number of rotatable bonds is 7. The number of nitrogens with one attached hydrogen (secondary N) is 1. The molecule has 2 atom stereocenters. The van der Waals surface area contributed by atoms with Gasteiger partial charge in [0.25, 0.3) is 5.91 Å². The Morgan fingerprint density at radius 2 is 1.81 bits per heavy atom. The van der Waals surface area contributed by atoms with Crippen LogP contribution in [0.4, 0.5) is 0 Å². The second kappa shape index (κ2) is 7.49. The van der Waals surface area contributed by atoms with Crippen molar-refractivity contribution in [2.75, 3.05) is 0 Å². The van der Waals surface area contributed by atoms with Crippen LogP contribution >= 0.6 is 11.6 Å². The summed E-state index contributed by atoms with van der Waals surface area (Å²) in [6.45, 7) is 1.42. The van der Waals surface area contributed by atoms with Crippen LogP contribution in [0.15, 0.2) is 24.3 Å². The molecule has 0 saturated carbocycles. The van der Waals surface area contributed by atoms with E-state index in [4.69, 9.17) is 26.6 Å². The molecule has 0 aliphatic heterocycles. The van der Waals surface area contributed by atoms with E-state index in [1.54, 1.807) is 24.3 Å². The maximum atomic E-state index is 11.8. The van der Waals surface area contributed by atoms with Gasteiger partial charge in [-0.15, -0.1) is 0 Å². The van der Waals surface area contributed by atoms with Crippen molar-refractivity contribution in [3.63, 3.8) is 0 Å². The molecule has 7 nitrogen and oxygen atoms in total. The Morgan fingerprint density at radius 1 is 1.24 bits per heavy atom. The number of ether oxygens (including phenoxy) is 1. The SMILES string of the molecule is CC(Oc1ccc(Cl)cc1)C(=O)NC(CC(=O)O)C(=O)O. The zero-order valence-corrected chi connectivity index (χ0v) is 11.8. The number of carbonyl (C=O) groups is 3. The van der Waals surface area contributed by atoms with E-state index in [2.05, 4.69) is 5.32 Å². The molecule has 0 fully saturated rings. The van der Waals surface area contributed by atoms with Gasteiger partial charge in [-0.25, -0.2) is 4.79 Å². The molecule has 0 aliphatic rings. The summed E-state index contributed by atoms with van der Waals surface area (Å²) in [4.78, 5) is 33.2. The topological polar surface area (TPSA) is 113 Å². The lowest BCUT2D eigenvalue weighted by Crippen LogP contribution is -2.47. The number of hydrogen-bond acceptors (Lipinski definition) is 4. The molecule has 3 N–H and O–H groups in total. The maximum absolute atomic E-state index is 11.8. The first-order valence-corrected chi connectivity index (χ1v) is 6.34. The van der Waals surface area contributed by atoms with E-state index >= 15 is 0 Å². The lowest BCUT2D eigenvalue weighted by atomic mass is 10.2. The van der Waals surface area contributed by atoms with Crippen molar-refractivity contribution in [3.05, 3.63) is 29.3 Å². The van der Waals surface area contributed by atoms with Gasteiger partial charge in [-0.1, -0.05) is 11.6 Å². The number of benzene rings is 1. The first-order chi connectivity index (χ1) is 9.79. The van der Waals surface area contributed by atoms with Crippen LogP contribution in [0, 0.1) is 0 Å². The van der Waals surface area contributed by atoms with Crippen LogP contribution < -0.4 is 10.1 Å². The Hall–Kier alpha value is -2.28. The summed E-state index contributed by atoms with van der Waals surface area (Å²) in [6.07, 6.45) is -1.70. The largest absolute Gasteiger partial charge is 0.481 e. The highest BCUT2D eigenvalue weighted by Gasteiger charge is 2.26. The Kier molecular flexibility index (Phi) is 5.98. The number of halogens is 1. The van der Waals surface area contributed by atoms with E-state index in [0.29, 0.717) is 10.8 Å². The van der Waals surface area contributed by atoms with Gasteiger partial charge in [-0.3, -0.25) is 9.59 Å². The van der Waals surface area contributed by atoms with Crippen LogP contribution in [0.3, 0.4) is 0 Å². The van der Waals surface area contributed by atoms with Crippen molar-refractivity contribution in [3.8, 4) is 5.75 Å².